The van der Waals surface area contributed by atoms with Crippen LogP contribution >= 0.6 is 0 Å². The Hall–Kier alpha value is -1.43. The number of carbonyl (C=O) groups is 1. The maximum atomic E-state index is 12.1. The number of nitrogens with zero attached hydrogens (tertiary/aromatic N) is 1. The van der Waals surface area contributed by atoms with Crippen molar-refractivity contribution in [2.75, 3.05) is 20.6 Å². The van der Waals surface area contributed by atoms with Gasteiger partial charge in [0.25, 0.3) is 0 Å². The summed E-state index contributed by atoms with van der Waals surface area (Å²) in [5.74, 6) is -0.0380. The smallest absolute Gasteiger partial charge is 0.249 e. The molecule has 0 saturated carbocycles. The fourth-order valence-corrected chi connectivity index (χ4v) is 2.58. The van der Waals surface area contributed by atoms with E-state index in [4.69, 9.17) is 10.5 Å². The lowest BCUT2D eigenvalue weighted by atomic mass is 10.1. The van der Waals surface area contributed by atoms with Crippen LogP contribution in [0.3, 0.4) is 0 Å². The maximum absolute atomic E-state index is 12.1. The first-order valence-corrected chi connectivity index (χ1v) is 7.44. The zero-order valence-electron chi connectivity index (χ0n) is 12.8. The topological polar surface area (TPSA) is 67.6 Å². The molecule has 1 aliphatic rings. The molecule has 2 atom stereocenters. The quantitative estimate of drug-likeness (QED) is 0.816. The monoisotopic (exact) mass is 291 g/mol. The van der Waals surface area contributed by atoms with Crippen molar-refractivity contribution in [1.82, 2.24) is 10.2 Å². The van der Waals surface area contributed by atoms with Gasteiger partial charge in [0.15, 0.2) is 0 Å². The number of hydrogen-bond donors (Lipinski definition) is 2. The van der Waals surface area contributed by atoms with Gasteiger partial charge in [-0.05, 0) is 38.1 Å². The van der Waals surface area contributed by atoms with E-state index in [2.05, 4.69) is 22.3 Å². The highest BCUT2D eigenvalue weighted by atomic mass is 16.5. The maximum Gasteiger partial charge on any atom is 0.249 e. The summed E-state index contributed by atoms with van der Waals surface area (Å²) in [5.41, 5.74) is 7.91. The van der Waals surface area contributed by atoms with Crippen molar-refractivity contribution < 1.29 is 9.53 Å². The Bertz CT molecular complexity index is 476. The number of ether oxygens (including phenoxy) is 1. The van der Waals surface area contributed by atoms with E-state index in [1.54, 1.807) is 0 Å². The fraction of sp³-hybridized carbons (Fsp3) is 0.562. The van der Waals surface area contributed by atoms with Gasteiger partial charge in [-0.2, -0.15) is 0 Å². The van der Waals surface area contributed by atoms with E-state index in [1.165, 1.54) is 5.56 Å². The van der Waals surface area contributed by atoms with Crippen LogP contribution in [0.2, 0.25) is 0 Å². The molecule has 5 nitrogen and oxygen atoms in total. The molecule has 2 rings (SSSR count). The van der Waals surface area contributed by atoms with Crippen LogP contribution in [0.4, 0.5) is 0 Å². The summed E-state index contributed by atoms with van der Waals surface area (Å²) in [6.07, 6.45) is 1.31. The third kappa shape index (κ3) is 4.81. The SMILES string of the molecule is CN(C)Cc1cccc(CNC(=O)[C@@H]2CC[C@H](CN)O2)c1. The lowest BCUT2D eigenvalue weighted by Crippen LogP contribution is -2.35. The summed E-state index contributed by atoms with van der Waals surface area (Å²) in [4.78, 5) is 14.2. The van der Waals surface area contributed by atoms with E-state index < -0.39 is 0 Å². The van der Waals surface area contributed by atoms with Crippen LogP contribution in [0.25, 0.3) is 0 Å². The van der Waals surface area contributed by atoms with Crippen LogP contribution in [0.15, 0.2) is 24.3 Å². The zero-order chi connectivity index (χ0) is 15.2. The molecule has 1 aliphatic heterocycles. The third-order valence-electron chi connectivity index (χ3n) is 3.62. The van der Waals surface area contributed by atoms with Crippen LogP contribution in [-0.2, 0) is 22.6 Å². The average molecular weight is 291 g/mol. The number of amides is 1. The predicted molar refractivity (Wildman–Crippen MR) is 82.6 cm³/mol. The van der Waals surface area contributed by atoms with Gasteiger partial charge in [-0.3, -0.25) is 4.79 Å². The van der Waals surface area contributed by atoms with Crippen LogP contribution in [-0.4, -0.2) is 43.7 Å². The molecule has 1 aromatic carbocycles. The minimum absolute atomic E-state index is 0.0316. The molecule has 1 fully saturated rings. The van der Waals surface area contributed by atoms with Crippen LogP contribution in [0, 0.1) is 0 Å². The standard InChI is InChI=1S/C16H25N3O2/c1-19(2)11-13-5-3-4-12(8-13)10-18-16(20)15-7-6-14(9-17)21-15/h3-5,8,14-15H,6-7,9-11,17H2,1-2H3,(H,18,20)/t14-,15+/m1/s1. The van der Waals surface area contributed by atoms with Crippen molar-refractivity contribution in [1.29, 1.82) is 0 Å². The highest BCUT2D eigenvalue weighted by molar-refractivity contribution is 5.81. The Morgan fingerprint density at radius 3 is 2.81 bits per heavy atom. The average Bonchev–Trinajstić information content (AvgIpc) is 2.93. The van der Waals surface area contributed by atoms with Gasteiger partial charge in [-0.25, -0.2) is 0 Å². The number of benzene rings is 1. The molecular formula is C16H25N3O2. The van der Waals surface area contributed by atoms with E-state index in [0.29, 0.717) is 13.1 Å². The third-order valence-corrected chi connectivity index (χ3v) is 3.62. The van der Waals surface area contributed by atoms with Crippen LogP contribution < -0.4 is 11.1 Å². The van der Waals surface area contributed by atoms with Crippen molar-refractivity contribution >= 4 is 5.91 Å². The first-order chi connectivity index (χ1) is 10.1. The molecule has 0 aliphatic carbocycles. The molecular weight excluding hydrogens is 266 g/mol. The Morgan fingerprint density at radius 1 is 1.38 bits per heavy atom. The molecule has 1 aromatic rings. The number of hydrogen-bond acceptors (Lipinski definition) is 4. The van der Waals surface area contributed by atoms with Crippen molar-refractivity contribution in [2.24, 2.45) is 5.73 Å². The molecule has 0 radical (unpaired) electrons. The minimum atomic E-state index is -0.344. The molecule has 1 heterocycles. The Kier molecular flexibility index (Phi) is 5.73. The first kappa shape index (κ1) is 15.9. The number of carbonyl (C=O) groups excluding carboxylic acids is 1. The summed E-state index contributed by atoms with van der Waals surface area (Å²) < 4.78 is 5.59. The van der Waals surface area contributed by atoms with Gasteiger partial charge in [-0.15, -0.1) is 0 Å². The van der Waals surface area contributed by atoms with Crippen LogP contribution in [0.5, 0.6) is 0 Å². The second-order valence-corrected chi connectivity index (χ2v) is 5.84. The molecule has 0 unspecified atom stereocenters. The predicted octanol–water partition coefficient (Wildman–Crippen LogP) is 0.871. The van der Waals surface area contributed by atoms with Crippen molar-refractivity contribution in [2.45, 2.75) is 38.1 Å². The second-order valence-electron chi connectivity index (χ2n) is 5.84. The van der Waals surface area contributed by atoms with Crippen LogP contribution in [0.1, 0.15) is 24.0 Å². The Morgan fingerprint density at radius 2 is 2.14 bits per heavy atom. The van der Waals surface area contributed by atoms with E-state index in [-0.39, 0.29) is 18.1 Å². The molecule has 0 aromatic heterocycles. The van der Waals surface area contributed by atoms with Crippen molar-refractivity contribution in [3.63, 3.8) is 0 Å². The van der Waals surface area contributed by atoms with E-state index >= 15 is 0 Å². The van der Waals surface area contributed by atoms with E-state index in [1.807, 2.05) is 26.2 Å². The first-order valence-electron chi connectivity index (χ1n) is 7.44. The molecule has 21 heavy (non-hydrogen) atoms. The largest absolute Gasteiger partial charge is 0.364 e. The van der Waals surface area contributed by atoms with Crippen molar-refractivity contribution in [3.8, 4) is 0 Å². The van der Waals surface area contributed by atoms with Gasteiger partial charge in [0, 0.05) is 19.6 Å². The number of nitrogens with one attached hydrogen (secondary N) is 1. The van der Waals surface area contributed by atoms with E-state index in [9.17, 15) is 4.79 Å². The highest BCUT2D eigenvalue weighted by Gasteiger charge is 2.29. The Balaban J connectivity index is 1.84. The molecule has 1 saturated heterocycles. The lowest BCUT2D eigenvalue weighted by Gasteiger charge is -2.14. The zero-order valence-corrected chi connectivity index (χ0v) is 12.8. The Labute approximate surface area is 126 Å². The van der Waals surface area contributed by atoms with Gasteiger partial charge in [0.2, 0.25) is 5.91 Å². The molecule has 0 bridgehead atoms. The summed E-state index contributed by atoms with van der Waals surface area (Å²) >= 11 is 0. The lowest BCUT2D eigenvalue weighted by molar-refractivity contribution is -0.132. The fourth-order valence-electron chi connectivity index (χ4n) is 2.58. The second kappa shape index (κ2) is 7.54. The highest BCUT2D eigenvalue weighted by Crippen LogP contribution is 2.19. The van der Waals surface area contributed by atoms with Gasteiger partial charge < -0.3 is 20.7 Å². The van der Waals surface area contributed by atoms with E-state index in [0.717, 1.165) is 24.9 Å². The summed E-state index contributed by atoms with van der Waals surface area (Å²) in [6, 6.07) is 8.27. The molecule has 3 N–H and O–H groups in total. The molecule has 0 spiro atoms. The van der Waals surface area contributed by atoms with Gasteiger partial charge in [0.1, 0.15) is 6.10 Å². The minimum Gasteiger partial charge on any atom is -0.364 e. The summed E-state index contributed by atoms with van der Waals surface area (Å²) in [5, 5.41) is 2.95. The molecule has 116 valence electrons. The van der Waals surface area contributed by atoms with Crippen molar-refractivity contribution in [3.05, 3.63) is 35.4 Å². The number of rotatable bonds is 6. The summed E-state index contributed by atoms with van der Waals surface area (Å²) in [7, 11) is 4.08. The molecule has 5 heteroatoms. The molecule has 1 amide bonds. The number of nitrogens with two attached hydrogens (primary N) is 1. The van der Waals surface area contributed by atoms with Gasteiger partial charge in [-0.1, -0.05) is 24.3 Å². The van der Waals surface area contributed by atoms with Gasteiger partial charge in [0.05, 0.1) is 6.10 Å². The summed E-state index contributed by atoms with van der Waals surface area (Å²) in [6.45, 7) is 1.91. The normalized spacial score (nSPS) is 21.7. The van der Waals surface area contributed by atoms with Gasteiger partial charge >= 0.3 is 0 Å².